The van der Waals surface area contributed by atoms with E-state index in [0.29, 0.717) is 43.4 Å². The number of ether oxygens (including phenoxy) is 2. The first-order valence-corrected chi connectivity index (χ1v) is 10.3. The van der Waals surface area contributed by atoms with Gasteiger partial charge in [-0.2, -0.15) is 0 Å². The quantitative estimate of drug-likeness (QED) is 0.581. The number of carbonyl (C=O) groups excluding carboxylic acids is 2. The van der Waals surface area contributed by atoms with Crippen molar-refractivity contribution in [3.63, 3.8) is 0 Å². The Hall–Kier alpha value is -3.26. The molecule has 1 atom stereocenters. The first kappa shape index (κ1) is 22.4. The molecular weight excluding hydrogens is 400 g/mol. The molecule has 8 nitrogen and oxygen atoms in total. The molecule has 0 aliphatic carbocycles. The van der Waals surface area contributed by atoms with Gasteiger partial charge in [0, 0.05) is 13.1 Å². The van der Waals surface area contributed by atoms with Gasteiger partial charge in [-0.05, 0) is 57.8 Å². The average Bonchev–Trinajstić information content (AvgIpc) is 3.36. The van der Waals surface area contributed by atoms with Gasteiger partial charge in [0.15, 0.2) is 23.0 Å². The second kappa shape index (κ2) is 9.70. The van der Waals surface area contributed by atoms with E-state index in [1.807, 2.05) is 32.8 Å². The maximum absolute atomic E-state index is 13.2. The molecule has 1 aromatic carbocycles. The summed E-state index contributed by atoms with van der Waals surface area (Å²) in [7, 11) is 3.78. The summed E-state index contributed by atoms with van der Waals surface area (Å²) in [5, 5.41) is 10.7. The summed E-state index contributed by atoms with van der Waals surface area (Å²) in [4.78, 5) is 29.5. The number of furan rings is 1. The number of carbonyl (C=O) groups is 2. The molecule has 0 spiro atoms. The number of amides is 1. The smallest absolute Gasteiger partial charge is 0.290 e. The van der Waals surface area contributed by atoms with Gasteiger partial charge in [0.05, 0.1) is 31.1 Å². The summed E-state index contributed by atoms with van der Waals surface area (Å²) in [6, 6.07) is 7.61. The lowest BCUT2D eigenvalue weighted by Crippen LogP contribution is -2.36. The van der Waals surface area contributed by atoms with Gasteiger partial charge >= 0.3 is 0 Å². The highest BCUT2D eigenvalue weighted by Gasteiger charge is 2.44. The van der Waals surface area contributed by atoms with Gasteiger partial charge < -0.3 is 28.8 Å². The van der Waals surface area contributed by atoms with Crippen LogP contribution < -0.4 is 9.47 Å². The van der Waals surface area contributed by atoms with Crippen LogP contribution in [0, 0.1) is 0 Å². The van der Waals surface area contributed by atoms with Gasteiger partial charge in [0.2, 0.25) is 5.78 Å². The molecule has 1 aliphatic heterocycles. The molecule has 0 saturated heterocycles. The molecule has 0 fully saturated rings. The van der Waals surface area contributed by atoms with E-state index in [1.54, 1.807) is 24.3 Å². The monoisotopic (exact) mass is 428 g/mol. The lowest BCUT2D eigenvalue weighted by atomic mass is 9.94. The first-order chi connectivity index (χ1) is 14.9. The molecule has 1 aromatic heterocycles. The molecule has 166 valence electrons. The highest BCUT2D eigenvalue weighted by Crippen LogP contribution is 2.41. The molecule has 1 aliphatic rings. The van der Waals surface area contributed by atoms with Crippen LogP contribution in [0.1, 0.15) is 36.0 Å². The Kier molecular flexibility index (Phi) is 7.02. The number of ketones is 1. The fourth-order valence-electron chi connectivity index (χ4n) is 3.55. The Morgan fingerprint density at radius 2 is 1.87 bits per heavy atom. The predicted molar refractivity (Wildman–Crippen MR) is 114 cm³/mol. The van der Waals surface area contributed by atoms with Gasteiger partial charge in [-0.25, -0.2) is 0 Å². The van der Waals surface area contributed by atoms with Crippen LogP contribution in [0.25, 0.3) is 0 Å². The van der Waals surface area contributed by atoms with Gasteiger partial charge in [0.1, 0.15) is 0 Å². The van der Waals surface area contributed by atoms with Crippen molar-refractivity contribution >= 4 is 11.7 Å². The predicted octanol–water partition coefficient (Wildman–Crippen LogP) is 3.22. The van der Waals surface area contributed by atoms with Gasteiger partial charge in [0.25, 0.3) is 5.91 Å². The number of hydrogen-bond acceptors (Lipinski definition) is 7. The summed E-state index contributed by atoms with van der Waals surface area (Å²) in [6.45, 7) is 5.53. The van der Waals surface area contributed by atoms with Crippen molar-refractivity contribution < 1.29 is 28.6 Å². The second-order valence-electron chi connectivity index (χ2n) is 7.35. The number of aliphatic hydroxyl groups is 1. The third kappa shape index (κ3) is 4.59. The SMILES string of the molecule is CCOc1ccc(C2C(C(=O)c3ccco3)=C(O)C(=O)N2CCN(C)C)cc1OCC. The summed E-state index contributed by atoms with van der Waals surface area (Å²) >= 11 is 0. The fourth-order valence-corrected chi connectivity index (χ4v) is 3.55. The molecule has 0 bridgehead atoms. The van der Waals surface area contributed by atoms with Crippen molar-refractivity contribution in [1.82, 2.24) is 9.80 Å². The second-order valence-corrected chi connectivity index (χ2v) is 7.35. The molecule has 2 heterocycles. The van der Waals surface area contributed by atoms with Crippen LogP contribution in [0.5, 0.6) is 11.5 Å². The molecule has 0 radical (unpaired) electrons. The van der Waals surface area contributed by atoms with E-state index in [9.17, 15) is 14.7 Å². The Bertz CT molecular complexity index is 964. The zero-order valence-electron chi connectivity index (χ0n) is 18.3. The summed E-state index contributed by atoms with van der Waals surface area (Å²) in [5.74, 6) is -0.530. The highest BCUT2D eigenvalue weighted by molar-refractivity contribution is 6.15. The fraction of sp³-hybridized carbons (Fsp3) is 0.391. The average molecular weight is 428 g/mol. The Morgan fingerprint density at radius 1 is 1.16 bits per heavy atom. The zero-order valence-corrected chi connectivity index (χ0v) is 18.3. The van der Waals surface area contributed by atoms with Crippen LogP contribution in [0.3, 0.4) is 0 Å². The minimum absolute atomic E-state index is 0.00897. The van der Waals surface area contributed by atoms with Crippen LogP contribution in [0.4, 0.5) is 0 Å². The van der Waals surface area contributed by atoms with Gasteiger partial charge in [-0.1, -0.05) is 6.07 Å². The van der Waals surface area contributed by atoms with E-state index in [-0.39, 0.29) is 11.3 Å². The number of hydrogen-bond donors (Lipinski definition) is 1. The van der Waals surface area contributed by atoms with Crippen LogP contribution in [-0.2, 0) is 4.79 Å². The van der Waals surface area contributed by atoms with E-state index in [4.69, 9.17) is 13.9 Å². The number of likely N-dealkylation sites (N-methyl/N-ethyl adjacent to an activating group) is 1. The lowest BCUT2D eigenvalue weighted by molar-refractivity contribution is -0.129. The minimum Gasteiger partial charge on any atom is -0.503 e. The van der Waals surface area contributed by atoms with E-state index >= 15 is 0 Å². The summed E-state index contributed by atoms with van der Waals surface area (Å²) in [5.41, 5.74) is 0.628. The lowest BCUT2D eigenvalue weighted by Gasteiger charge is -2.28. The van der Waals surface area contributed by atoms with Gasteiger partial charge in [-0.15, -0.1) is 0 Å². The highest BCUT2D eigenvalue weighted by atomic mass is 16.5. The largest absolute Gasteiger partial charge is 0.503 e. The standard InChI is InChI=1S/C23H28N2O6/c1-5-29-16-10-9-15(14-18(16)30-6-2)20-19(21(26)17-8-7-13-31-17)22(27)23(28)25(20)12-11-24(3)4/h7-10,13-14,20,27H,5-6,11-12H2,1-4H3. The van der Waals surface area contributed by atoms with E-state index in [2.05, 4.69) is 0 Å². The maximum atomic E-state index is 13.2. The number of Topliss-reactive ketones (excluding diaryl/α,β-unsaturated/α-hetero) is 1. The number of nitrogens with zero attached hydrogens (tertiary/aromatic N) is 2. The molecule has 1 amide bonds. The topological polar surface area (TPSA) is 92.5 Å². The van der Waals surface area contributed by atoms with Crippen LogP contribution in [0.2, 0.25) is 0 Å². The molecular formula is C23H28N2O6. The first-order valence-electron chi connectivity index (χ1n) is 10.3. The third-order valence-electron chi connectivity index (χ3n) is 4.96. The molecule has 31 heavy (non-hydrogen) atoms. The number of rotatable bonds is 10. The molecule has 1 unspecified atom stereocenters. The number of aliphatic hydroxyl groups excluding tert-OH is 1. The Labute approximate surface area is 181 Å². The van der Waals surface area contributed by atoms with Crippen LogP contribution in [-0.4, -0.2) is 67.0 Å². The molecule has 1 N–H and O–H groups in total. The van der Waals surface area contributed by atoms with Crippen molar-refractivity contribution in [2.45, 2.75) is 19.9 Å². The van der Waals surface area contributed by atoms with E-state index in [1.165, 1.54) is 17.2 Å². The Balaban J connectivity index is 2.09. The molecule has 2 aromatic rings. The zero-order chi connectivity index (χ0) is 22.5. The van der Waals surface area contributed by atoms with Crippen molar-refractivity contribution in [3.8, 4) is 11.5 Å². The molecule has 3 rings (SSSR count). The Morgan fingerprint density at radius 3 is 2.48 bits per heavy atom. The summed E-state index contributed by atoms with van der Waals surface area (Å²) in [6.07, 6.45) is 1.38. The van der Waals surface area contributed by atoms with Crippen LogP contribution in [0.15, 0.2) is 52.3 Å². The van der Waals surface area contributed by atoms with E-state index in [0.717, 1.165) is 0 Å². The van der Waals surface area contributed by atoms with Gasteiger partial charge in [-0.3, -0.25) is 9.59 Å². The van der Waals surface area contributed by atoms with Crippen molar-refractivity contribution in [3.05, 3.63) is 59.3 Å². The van der Waals surface area contributed by atoms with Crippen molar-refractivity contribution in [2.24, 2.45) is 0 Å². The van der Waals surface area contributed by atoms with Crippen LogP contribution >= 0.6 is 0 Å². The van der Waals surface area contributed by atoms with Crippen molar-refractivity contribution in [1.29, 1.82) is 0 Å². The minimum atomic E-state index is -0.778. The normalized spacial score (nSPS) is 16.4. The maximum Gasteiger partial charge on any atom is 0.290 e. The van der Waals surface area contributed by atoms with Crippen molar-refractivity contribution in [2.75, 3.05) is 40.4 Å². The van der Waals surface area contributed by atoms with E-state index < -0.39 is 23.5 Å². The summed E-state index contributed by atoms with van der Waals surface area (Å²) < 4.78 is 16.6. The number of benzene rings is 1. The molecule has 8 heteroatoms. The third-order valence-corrected chi connectivity index (χ3v) is 4.96. The molecule has 0 saturated carbocycles.